The Balaban J connectivity index is 1.61. The third-order valence-corrected chi connectivity index (χ3v) is 6.07. The first-order valence-electron chi connectivity index (χ1n) is 9.71. The van der Waals surface area contributed by atoms with Crippen molar-refractivity contribution >= 4 is 23.1 Å². The Kier molecular flexibility index (Phi) is 5.68. The number of Topliss-reactive ketones (excluding diaryl/α,β-unsaturated/α-hetero) is 1. The molecule has 8 heteroatoms. The summed E-state index contributed by atoms with van der Waals surface area (Å²) in [5.74, 6) is 0.0673. The molecule has 0 amide bonds. The number of methoxy groups -OCH3 is 1. The van der Waals surface area contributed by atoms with Crippen LogP contribution in [-0.4, -0.2) is 39.2 Å². The predicted octanol–water partition coefficient (Wildman–Crippen LogP) is 4.80. The van der Waals surface area contributed by atoms with E-state index in [1.165, 1.54) is 6.07 Å². The third kappa shape index (κ3) is 4.01. The average molecular weight is 440 g/mol. The van der Waals surface area contributed by atoms with Crippen molar-refractivity contribution in [3.8, 4) is 5.75 Å². The van der Waals surface area contributed by atoms with Crippen LogP contribution in [0.1, 0.15) is 27.0 Å². The lowest BCUT2D eigenvalue weighted by molar-refractivity contribution is -0.137. The van der Waals surface area contributed by atoms with Crippen molar-refractivity contribution in [1.82, 2.24) is 0 Å². The molecule has 0 aromatic heterocycles. The van der Waals surface area contributed by atoms with E-state index in [2.05, 4.69) is 4.90 Å². The Bertz CT molecular complexity index is 971. The number of morpholine rings is 1. The minimum absolute atomic E-state index is 0.0923. The molecule has 2 aliphatic rings. The molecule has 1 fully saturated rings. The molecule has 0 radical (unpaired) electrons. The molecular weight excluding hydrogens is 419 g/mol. The van der Waals surface area contributed by atoms with E-state index < -0.39 is 17.7 Å². The van der Waals surface area contributed by atoms with E-state index in [4.69, 9.17) is 21.1 Å². The number of hydrogen-bond acceptors (Lipinski definition) is 4. The SMILES string of the molecule is COc1cc2c(cc1N1CCOCC1)CC(Cc1cc(C(F)(F)F)ccc1Cl)C2=O. The Morgan fingerprint density at radius 1 is 1.20 bits per heavy atom. The van der Waals surface area contributed by atoms with Gasteiger partial charge in [0.25, 0.3) is 0 Å². The Morgan fingerprint density at radius 2 is 1.93 bits per heavy atom. The van der Waals surface area contributed by atoms with Gasteiger partial charge in [-0.25, -0.2) is 0 Å². The molecule has 30 heavy (non-hydrogen) atoms. The van der Waals surface area contributed by atoms with Crippen LogP contribution in [0.2, 0.25) is 5.02 Å². The fourth-order valence-electron chi connectivity index (χ4n) is 4.14. The van der Waals surface area contributed by atoms with E-state index in [0.717, 1.165) is 36.5 Å². The van der Waals surface area contributed by atoms with E-state index in [0.29, 0.717) is 36.5 Å². The lowest BCUT2D eigenvalue weighted by atomic mass is 9.94. The van der Waals surface area contributed by atoms with Crippen molar-refractivity contribution in [1.29, 1.82) is 0 Å². The molecule has 1 aliphatic heterocycles. The molecule has 4 nitrogen and oxygen atoms in total. The van der Waals surface area contributed by atoms with Crippen LogP contribution in [-0.2, 0) is 23.8 Å². The zero-order valence-electron chi connectivity index (χ0n) is 16.4. The van der Waals surface area contributed by atoms with Crippen LogP contribution >= 0.6 is 11.6 Å². The maximum atomic E-state index is 13.1. The number of hydrogen-bond donors (Lipinski definition) is 0. The van der Waals surface area contributed by atoms with Crippen LogP contribution in [0.25, 0.3) is 0 Å². The largest absolute Gasteiger partial charge is 0.495 e. The smallest absolute Gasteiger partial charge is 0.416 e. The Morgan fingerprint density at radius 3 is 2.60 bits per heavy atom. The number of ether oxygens (including phenoxy) is 2. The third-order valence-electron chi connectivity index (χ3n) is 5.70. The van der Waals surface area contributed by atoms with Gasteiger partial charge < -0.3 is 14.4 Å². The minimum atomic E-state index is -4.46. The van der Waals surface area contributed by atoms with E-state index in [1.807, 2.05) is 6.07 Å². The molecule has 0 bridgehead atoms. The van der Waals surface area contributed by atoms with E-state index in [1.54, 1.807) is 13.2 Å². The summed E-state index contributed by atoms with van der Waals surface area (Å²) >= 11 is 6.14. The molecule has 160 valence electrons. The number of benzene rings is 2. The predicted molar refractivity (Wildman–Crippen MR) is 108 cm³/mol. The summed E-state index contributed by atoms with van der Waals surface area (Å²) in [4.78, 5) is 15.2. The van der Waals surface area contributed by atoms with Crippen LogP contribution in [0, 0.1) is 5.92 Å². The maximum Gasteiger partial charge on any atom is 0.416 e. The second-order valence-electron chi connectivity index (χ2n) is 7.55. The molecule has 0 N–H and O–H groups in total. The second-order valence-corrected chi connectivity index (χ2v) is 7.96. The van der Waals surface area contributed by atoms with Gasteiger partial charge in [-0.05, 0) is 54.3 Å². The molecule has 2 aromatic carbocycles. The van der Waals surface area contributed by atoms with Gasteiger partial charge in [-0.1, -0.05) is 11.6 Å². The Hall–Kier alpha value is -2.25. The molecule has 1 saturated heterocycles. The van der Waals surface area contributed by atoms with Crippen molar-refractivity contribution in [2.75, 3.05) is 38.3 Å². The lowest BCUT2D eigenvalue weighted by Gasteiger charge is -2.30. The minimum Gasteiger partial charge on any atom is -0.495 e. The van der Waals surface area contributed by atoms with Gasteiger partial charge in [0.05, 0.1) is 31.6 Å². The van der Waals surface area contributed by atoms with E-state index in [-0.39, 0.29) is 17.2 Å². The highest BCUT2D eigenvalue weighted by Gasteiger charge is 2.35. The molecule has 4 rings (SSSR count). The van der Waals surface area contributed by atoms with Gasteiger partial charge in [-0.15, -0.1) is 0 Å². The number of fused-ring (bicyclic) bond motifs is 1. The van der Waals surface area contributed by atoms with Gasteiger partial charge in [-0.2, -0.15) is 13.2 Å². The molecule has 1 unspecified atom stereocenters. The molecule has 0 saturated carbocycles. The number of nitrogens with zero attached hydrogens (tertiary/aromatic N) is 1. The number of alkyl halides is 3. The normalized spacial score (nSPS) is 19.2. The monoisotopic (exact) mass is 439 g/mol. The number of ketones is 1. The van der Waals surface area contributed by atoms with Crippen LogP contribution in [0.3, 0.4) is 0 Å². The van der Waals surface area contributed by atoms with Gasteiger partial charge in [0.2, 0.25) is 0 Å². The van der Waals surface area contributed by atoms with Gasteiger partial charge in [0.15, 0.2) is 5.78 Å². The summed E-state index contributed by atoms with van der Waals surface area (Å²) in [5.41, 5.74) is 1.93. The molecule has 0 spiro atoms. The fraction of sp³-hybridized carbons (Fsp3) is 0.409. The summed E-state index contributed by atoms with van der Waals surface area (Å²) in [5, 5.41) is 0.235. The summed E-state index contributed by atoms with van der Waals surface area (Å²) in [6.07, 6.45) is -3.84. The zero-order chi connectivity index (χ0) is 21.5. The highest BCUT2D eigenvalue weighted by Crippen LogP contribution is 2.39. The highest BCUT2D eigenvalue weighted by atomic mass is 35.5. The van der Waals surface area contributed by atoms with Crippen molar-refractivity contribution in [2.24, 2.45) is 5.92 Å². The molecule has 1 aliphatic carbocycles. The summed E-state index contributed by atoms with van der Waals surface area (Å²) in [7, 11) is 1.56. The first-order valence-corrected chi connectivity index (χ1v) is 10.1. The lowest BCUT2D eigenvalue weighted by Crippen LogP contribution is -2.36. The molecule has 1 heterocycles. The molecule has 2 aromatic rings. The van der Waals surface area contributed by atoms with Gasteiger partial charge in [0.1, 0.15) is 5.75 Å². The van der Waals surface area contributed by atoms with Crippen LogP contribution in [0.4, 0.5) is 18.9 Å². The first-order chi connectivity index (χ1) is 14.3. The summed E-state index contributed by atoms with van der Waals surface area (Å²) in [6, 6.07) is 6.95. The van der Waals surface area contributed by atoms with Crippen LogP contribution in [0.15, 0.2) is 30.3 Å². The number of halogens is 4. The first kappa shape index (κ1) is 21.0. The fourth-order valence-corrected chi connectivity index (χ4v) is 4.34. The van der Waals surface area contributed by atoms with Crippen LogP contribution < -0.4 is 9.64 Å². The van der Waals surface area contributed by atoms with E-state index in [9.17, 15) is 18.0 Å². The second kappa shape index (κ2) is 8.12. The summed E-state index contributed by atoms with van der Waals surface area (Å²) in [6.45, 7) is 2.70. The number of carbonyl (C=O) groups is 1. The molecular formula is C22H21ClF3NO3. The summed E-state index contributed by atoms with van der Waals surface area (Å²) < 4.78 is 50.1. The van der Waals surface area contributed by atoms with Crippen molar-refractivity contribution in [2.45, 2.75) is 19.0 Å². The number of rotatable bonds is 4. The Labute approximate surface area is 177 Å². The van der Waals surface area contributed by atoms with Gasteiger partial charge in [-0.3, -0.25) is 4.79 Å². The van der Waals surface area contributed by atoms with Crippen molar-refractivity contribution in [3.05, 3.63) is 57.6 Å². The maximum absolute atomic E-state index is 13.1. The topological polar surface area (TPSA) is 38.8 Å². The average Bonchev–Trinajstić information content (AvgIpc) is 3.03. The van der Waals surface area contributed by atoms with Gasteiger partial charge >= 0.3 is 6.18 Å². The van der Waals surface area contributed by atoms with E-state index >= 15 is 0 Å². The number of anilines is 1. The standard InChI is InChI=1S/C22H21ClF3NO3/c1-29-20-12-17-13(11-19(20)27-4-6-30-7-5-27)8-15(21(17)28)9-14-10-16(22(24,25)26)2-3-18(14)23/h2-3,10-12,15H,4-9H2,1H3. The quantitative estimate of drug-likeness (QED) is 0.686. The van der Waals surface area contributed by atoms with Crippen LogP contribution in [0.5, 0.6) is 5.75 Å². The van der Waals surface area contributed by atoms with Crippen molar-refractivity contribution in [3.63, 3.8) is 0 Å². The highest BCUT2D eigenvalue weighted by molar-refractivity contribution is 6.31. The zero-order valence-corrected chi connectivity index (χ0v) is 17.1. The number of carbonyl (C=O) groups excluding carboxylic acids is 1. The van der Waals surface area contributed by atoms with Gasteiger partial charge in [0, 0.05) is 29.6 Å². The molecule has 1 atom stereocenters. The van der Waals surface area contributed by atoms with Crippen molar-refractivity contribution < 1.29 is 27.4 Å².